The Balaban J connectivity index is 1.68. The number of aryl methyl sites for hydroxylation is 1. The number of rotatable bonds is 4. The lowest BCUT2D eigenvalue weighted by molar-refractivity contribution is -0.136. The van der Waals surface area contributed by atoms with Crippen LogP contribution in [-0.4, -0.2) is 22.6 Å². The van der Waals surface area contributed by atoms with Crippen molar-refractivity contribution in [1.29, 1.82) is 0 Å². The molecule has 154 valence electrons. The monoisotopic (exact) mass is 462 g/mol. The summed E-state index contributed by atoms with van der Waals surface area (Å²) < 4.78 is 1.99. The average molecular weight is 464 g/mol. The molecule has 30 heavy (non-hydrogen) atoms. The molecule has 0 radical (unpaired) electrons. The molecular weight excluding hydrogens is 447 g/mol. The molecule has 2 amide bonds. The number of hydrogen-bond acceptors (Lipinski definition) is 3. The number of hydrazone groups is 1. The Kier molecular flexibility index (Phi) is 6.82. The summed E-state index contributed by atoms with van der Waals surface area (Å²) in [6.45, 7) is 3.85. The highest BCUT2D eigenvalue weighted by Gasteiger charge is 2.14. The van der Waals surface area contributed by atoms with Crippen LogP contribution in [0.25, 0.3) is 5.69 Å². The smallest absolute Gasteiger partial charge is 0.318 e. The molecule has 0 saturated heterocycles. The number of aromatic nitrogens is 1. The lowest BCUT2D eigenvalue weighted by Crippen LogP contribution is -2.32. The van der Waals surface area contributed by atoms with Crippen LogP contribution in [0.15, 0.2) is 53.6 Å². The molecule has 9 heteroatoms. The van der Waals surface area contributed by atoms with E-state index in [1.165, 1.54) is 24.4 Å². The van der Waals surface area contributed by atoms with E-state index in [9.17, 15) is 9.59 Å². The third-order valence-corrected chi connectivity index (χ3v) is 5.38. The van der Waals surface area contributed by atoms with Crippen LogP contribution in [0, 0.1) is 13.8 Å². The minimum Gasteiger partial charge on any atom is -0.318 e. The Morgan fingerprint density at radius 1 is 0.933 bits per heavy atom. The molecule has 3 aromatic rings. The predicted molar refractivity (Wildman–Crippen MR) is 121 cm³/mol. The van der Waals surface area contributed by atoms with Crippen LogP contribution >= 0.6 is 34.8 Å². The van der Waals surface area contributed by atoms with Gasteiger partial charge in [-0.15, -0.1) is 0 Å². The van der Waals surface area contributed by atoms with Gasteiger partial charge in [-0.25, -0.2) is 5.43 Å². The Morgan fingerprint density at radius 2 is 1.67 bits per heavy atom. The summed E-state index contributed by atoms with van der Waals surface area (Å²) in [4.78, 5) is 24.0. The van der Waals surface area contributed by atoms with E-state index >= 15 is 0 Å². The number of para-hydroxylation sites is 1. The Labute approximate surface area is 188 Å². The Bertz CT molecular complexity index is 1160. The number of halogens is 3. The number of anilines is 1. The zero-order valence-electron chi connectivity index (χ0n) is 16.0. The van der Waals surface area contributed by atoms with Crippen LogP contribution < -0.4 is 10.7 Å². The maximum atomic E-state index is 12.0. The van der Waals surface area contributed by atoms with Gasteiger partial charge in [-0.3, -0.25) is 9.59 Å². The zero-order chi connectivity index (χ0) is 21.8. The van der Waals surface area contributed by atoms with Crippen molar-refractivity contribution in [3.63, 3.8) is 0 Å². The fourth-order valence-corrected chi connectivity index (χ4v) is 3.41. The van der Waals surface area contributed by atoms with E-state index in [0.717, 1.165) is 22.6 Å². The number of nitrogens with zero attached hydrogens (tertiary/aromatic N) is 2. The summed E-state index contributed by atoms with van der Waals surface area (Å²) in [5.74, 6) is -1.80. The first-order valence-corrected chi connectivity index (χ1v) is 9.94. The van der Waals surface area contributed by atoms with E-state index in [-0.39, 0.29) is 5.02 Å². The summed E-state index contributed by atoms with van der Waals surface area (Å²) in [6.07, 6.45) is 1.47. The van der Waals surface area contributed by atoms with Gasteiger partial charge in [0, 0.05) is 22.6 Å². The Morgan fingerprint density at radius 3 is 2.37 bits per heavy atom. The van der Waals surface area contributed by atoms with Crippen molar-refractivity contribution >= 4 is 58.5 Å². The van der Waals surface area contributed by atoms with Crippen molar-refractivity contribution in [3.8, 4) is 5.69 Å². The van der Waals surface area contributed by atoms with Crippen LogP contribution in [-0.2, 0) is 9.59 Å². The lowest BCUT2D eigenvalue weighted by atomic mass is 10.2. The average Bonchev–Trinajstić information content (AvgIpc) is 2.98. The number of carbonyl (C=O) groups excluding carboxylic acids is 2. The second-order valence-electron chi connectivity index (χ2n) is 6.40. The van der Waals surface area contributed by atoms with Crippen molar-refractivity contribution < 1.29 is 9.59 Å². The fourth-order valence-electron chi connectivity index (χ4n) is 2.90. The molecule has 0 aliphatic carbocycles. The number of amides is 2. The highest BCUT2D eigenvalue weighted by atomic mass is 35.5. The molecule has 2 aromatic carbocycles. The quantitative estimate of drug-likeness (QED) is 0.319. The summed E-state index contributed by atoms with van der Waals surface area (Å²) in [5, 5.41) is 7.54. The molecule has 0 bridgehead atoms. The van der Waals surface area contributed by atoms with E-state index in [4.69, 9.17) is 34.8 Å². The highest BCUT2D eigenvalue weighted by molar-refractivity contribution is 6.43. The van der Waals surface area contributed by atoms with Gasteiger partial charge in [-0.2, -0.15) is 5.10 Å². The van der Waals surface area contributed by atoms with E-state index in [1.807, 2.05) is 48.7 Å². The maximum absolute atomic E-state index is 12.0. The first kappa shape index (κ1) is 21.9. The van der Waals surface area contributed by atoms with Gasteiger partial charge in [0.15, 0.2) is 0 Å². The van der Waals surface area contributed by atoms with Gasteiger partial charge in [-0.1, -0.05) is 46.9 Å². The first-order chi connectivity index (χ1) is 14.3. The van der Waals surface area contributed by atoms with Gasteiger partial charge in [0.1, 0.15) is 0 Å². The normalized spacial score (nSPS) is 11.0. The fraction of sp³-hybridized carbons (Fsp3) is 0.0952. The molecule has 1 heterocycles. The molecule has 2 N–H and O–H groups in total. The van der Waals surface area contributed by atoms with E-state index in [1.54, 1.807) is 0 Å². The predicted octanol–water partition coefficient (Wildman–Crippen LogP) is 5.14. The summed E-state index contributed by atoms with van der Waals surface area (Å²) in [6, 6.07) is 13.9. The molecule has 0 aliphatic heterocycles. The summed E-state index contributed by atoms with van der Waals surface area (Å²) >= 11 is 18.0. The minimum atomic E-state index is -0.919. The SMILES string of the molecule is Cc1cc(/C=N\NC(=O)C(=O)Nc2ccc(Cl)c(Cl)c2)c(C)n1-c1ccccc1Cl. The highest BCUT2D eigenvalue weighted by Crippen LogP contribution is 2.26. The molecule has 1 aromatic heterocycles. The maximum Gasteiger partial charge on any atom is 0.329 e. The topological polar surface area (TPSA) is 75.5 Å². The second kappa shape index (κ2) is 9.34. The first-order valence-electron chi connectivity index (χ1n) is 8.81. The molecule has 0 saturated carbocycles. The molecule has 0 fully saturated rings. The molecule has 3 rings (SSSR count). The number of nitrogens with one attached hydrogen (secondary N) is 2. The van der Waals surface area contributed by atoms with E-state index in [2.05, 4.69) is 15.8 Å². The van der Waals surface area contributed by atoms with Gasteiger partial charge in [0.2, 0.25) is 0 Å². The summed E-state index contributed by atoms with van der Waals surface area (Å²) in [7, 11) is 0. The van der Waals surface area contributed by atoms with Crippen molar-refractivity contribution in [3.05, 3.63) is 80.6 Å². The van der Waals surface area contributed by atoms with Crippen LogP contribution in [0.4, 0.5) is 5.69 Å². The van der Waals surface area contributed by atoms with Crippen LogP contribution in [0.5, 0.6) is 0 Å². The van der Waals surface area contributed by atoms with Crippen LogP contribution in [0.3, 0.4) is 0 Å². The summed E-state index contributed by atoms with van der Waals surface area (Å²) in [5.41, 5.74) is 6.01. The number of hydrogen-bond donors (Lipinski definition) is 2. The molecular formula is C21H17Cl3N4O2. The number of carbonyl (C=O) groups is 2. The Hall–Kier alpha value is -2.80. The van der Waals surface area contributed by atoms with E-state index in [0.29, 0.717) is 15.7 Å². The standard InChI is InChI=1S/C21H17Cl3N4O2/c1-12-9-14(13(2)28(12)19-6-4-3-5-17(19)23)11-25-27-21(30)20(29)26-15-7-8-16(22)18(24)10-15/h3-11H,1-2H3,(H,26,29)(H,27,30)/b25-11-. The third kappa shape index (κ3) is 4.84. The van der Waals surface area contributed by atoms with Crippen molar-refractivity contribution in [1.82, 2.24) is 9.99 Å². The van der Waals surface area contributed by atoms with Crippen molar-refractivity contribution in [2.24, 2.45) is 5.10 Å². The lowest BCUT2D eigenvalue weighted by Gasteiger charge is -2.11. The van der Waals surface area contributed by atoms with Gasteiger partial charge in [0.25, 0.3) is 0 Å². The van der Waals surface area contributed by atoms with Crippen molar-refractivity contribution in [2.75, 3.05) is 5.32 Å². The molecule has 0 atom stereocenters. The van der Waals surface area contributed by atoms with Crippen LogP contribution in [0.2, 0.25) is 15.1 Å². The van der Waals surface area contributed by atoms with Gasteiger partial charge in [-0.05, 0) is 50.2 Å². The van der Waals surface area contributed by atoms with Crippen molar-refractivity contribution in [2.45, 2.75) is 13.8 Å². The molecule has 6 nitrogen and oxygen atoms in total. The number of benzene rings is 2. The minimum absolute atomic E-state index is 0.266. The molecule has 0 aliphatic rings. The second-order valence-corrected chi connectivity index (χ2v) is 7.62. The van der Waals surface area contributed by atoms with Gasteiger partial charge < -0.3 is 9.88 Å². The molecule has 0 spiro atoms. The largest absolute Gasteiger partial charge is 0.329 e. The third-order valence-electron chi connectivity index (χ3n) is 4.32. The van der Waals surface area contributed by atoms with E-state index < -0.39 is 11.8 Å². The van der Waals surface area contributed by atoms with Gasteiger partial charge >= 0.3 is 11.8 Å². The van der Waals surface area contributed by atoms with Gasteiger partial charge in [0.05, 0.1) is 27.0 Å². The van der Waals surface area contributed by atoms with Crippen LogP contribution in [0.1, 0.15) is 17.0 Å². The zero-order valence-corrected chi connectivity index (χ0v) is 18.3. The molecule has 0 unspecified atom stereocenters.